The van der Waals surface area contributed by atoms with Crippen LogP contribution in [0.1, 0.15) is 26.3 Å². The number of carbonyl (C=O) groups excluding carboxylic acids is 2. The molecule has 0 spiro atoms. The first kappa shape index (κ1) is 14.2. The summed E-state index contributed by atoms with van der Waals surface area (Å²) >= 11 is 0. The second-order valence-electron chi connectivity index (χ2n) is 4.00. The number of aromatic nitrogens is 2. The minimum absolute atomic E-state index is 0.0191. The predicted octanol–water partition coefficient (Wildman–Crippen LogP) is 0.856. The van der Waals surface area contributed by atoms with E-state index in [9.17, 15) is 9.59 Å². The van der Waals surface area contributed by atoms with Gasteiger partial charge in [0.25, 0.3) is 0 Å². The molecule has 1 heterocycles. The van der Waals surface area contributed by atoms with E-state index in [0.29, 0.717) is 6.54 Å². The van der Waals surface area contributed by atoms with Crippen molar-refractivity contribution in [2.45, 2.75) is 26.3 Å². The third-order valence-corrected chi connectivity index (χ3v) is 2.63. The van der Waals surface area contributed by atoms with Gasteiger partial charge in [-0.1, -0.05) is 6.92 Å². The Bertz CT molecular complexity index is 389. The molecule has 0 aliphatic heterocycles. The van der Waals surface area contributed by atoms with Gasteiger partial charge in [0, 0.05) is 18.9 Å². The Labute approximate surface area is 107 Å². The summed E-state index contributed by atoms with van der Waals surface area (Å²) in [6, 6.07) is 1.34. The first-order chi connectivity index (χ1) is 8.60. The third-order valence-electron chi connectivity index (χ3n) is 2.63. The number of ether oxygens (including phenoxy) is 1. The van der Waals surface area contributed by atoms with Gasteiger partial charge in [-0.15, -0.1) is 0 Å². The summed E-state index contributed by atoms with van der Waals surface area (Å²) in [6.45, 7) is 4.22. The molecule has 0 aromatic carbocycles. The SMILES string of the molecule is CCCN(CC(=O)OC)C(=O)C(C)n1cccn1. The Morgan fingerprint density at radius 3 is 2.72 bits per heavy atom. The van der Waals surface area contributed by atoms with Crippen molar-refractivity contribution in [3.63, 3.8) is 0 Å². The smallest absolute Gasteiger partial charge is 0.325 e. The van der Waals surface area contributed by atoms with Gasteiger partial charge in [0.15, 0.2) is 0 Å². The summed E-state index contributed by atoms with van der Waals surface area (Å²) in [5, 5.41) is 4.03. The van der Waals surface area contributed by atoms with Crippen molar-refractivity contribution in [3.8, 4) is 0 Å². The Balaban J connectivity index is 2.72. The maximum Gasteiger partial charge on any atom is 0.325 e. The van der Waals surface area contributed by atoms with E-state index in [1.807, 2.05) is 6.92 Å². The van der Waals surface area contributed by atoms with Gasteiger partial charge in [0.1, 0.15) is 12.6 Å². The third kappa shape index (κ3) is 3.58. The van der Waals surface area contributed by atoms with E-state index in [1.165, 1.54) is 12.0 Å². The molecule has 1 amide bonds. The quantitative estimate of drug-likeness (QED) is 0.705. The lowest BCUT2D eigenvalue weighted by Gasteiger charge is -2.24. The molecule has 0 fully saturated rings. The first-order valence-corrected chi connectivity index (χ1v) is 5.94. The van der Waals surface area contributed by atoms with Crippen molar-refractivity contribution in [1.29, 1.82) is 0 Å². The Morgan fingerprint density at radius 2 is 2.22 bits per heavy atom. The van der Waals surface area contributed by atoms with E-state index in [-0.39, 0.29) is 12.5 Å². The fourth-order valence-electron chi connectivity index (χ4n) is 1.64. The highest BCUT2D eigenvalue weighted by Gasteiger charge is 2.23. The molecule has 18 heavy (non-hydrogen) atoms. The molecule has 0 bridgehead atoms. The van der Waals surface area contributed by atoms with Gasteiger partial charge in [0.2, 0.25) is 5.91 Å². The zero-order valence-electron chi connectivity index (χ0n) is 11.0. The lowest BCUT2D eigenvalue weighted by atomic mass is 10.2. The number of rotatable bonds is 6. The average Bonchev–Trinajstić information content (AvgIpc) is 2.90. The molecule has 100 valence electrons. The topological polar surface area (TPSA) is 64.4 Å². The van der Waals surface area contributed by atoms with Crippen LogP contribution in [0.5, 0.6) is 0 Å². The summed E-state index contributed by atoms with van der Waals surface area (Å²) < 4.78 is 6.16. The molecule has 0 saturated heterocycles. The van der Waals surface area contributed by atoms with Crippen LogP contribution in [0.15, 0.2) is 18.5 Å². The predicted molar refractivity (Wildman–Crippen MR) is 65.8 cm³/mol. The van der Waals surface area contributed by atoms with E-state index < -0.39 is 12.0 Å². The van der Waals surface area contributed by atoms with Crippen LogP contribution in [0.3, 0.4) is 0 Å². The minimum Gasteiger partial charge on any atom is -0.468 e. The van der Waals surface area contributed by atoms with Crippen molar-refractivity contribution >= 4 is 11.9 Å². The minimum atomic E-state index is -0.420. The fourth-order valence-corrected chi connectivity index (χ4v) is 1.64. The van der Waals surface area contributed by atoms with Crippen LogP contribution in [-0.4, -0.2) is 46.8 Å². The van der Waals surface area contributed by atoms with Gasteiger partial charge in [-0.05, 0) is 19.4 Å². The highest BCUT2D eigenvalue weighted by Crippen LogP contribution is 2.09. The summed E-state index contributed by atoms with van der Waals surface area (Å²) in [6.07, 6.45) is 4.13. The fraction of sp³-hybridized carbons (Fsp3) is 0.583. The molecule has 0 aliphatic carbocycles. The molecular formula is C12H19N3O3. The standard InChI is InChI=1S/C12H19N3O3/c1-4-7-14(9-11(16)18-3)12(17)10(2)15-8-5-6-13-15/h5-6,8,10H,4,7,9H2,1-3H3. The molecule has 0 saturated carbocycles. The van der Waals surface area contributed by atoms with Gasteiger partial charge in [-0.3, -0.25) is 14.3 Å². The van der Waals surface area contributed by atoms with Gasteiger partial charge < -0.3 is 9.64 Å². The van der Waals surface area contributed by atoms with E-state index >= 15 is 0 Å². The van der Waals surface area contributed by atoms with E-state index in [1.54, 1.807) is 30.1 Å². The lowest BCUT2D eigenvalue weighted by Crippen LogP contribution is -2.40. The number of hydrogen-bond acceptors (Lipinski definition) is 4. The highest BCUT2D eigenvalue weighted by atomic mass is 16.5. The van der Waals surface area contributed by atoms with Crippen LogP contribution < -0.4 is 0 Å². The van der Waals surface area contributed by atoms with E-state index in [0.717, 1.165) is 6.42 Å². The molecule has 6 nitrogen and oxygen atoms in total. The van der Waals surface area contributed by atoms with Crippen LogP contribution in [0, 0.1) is 0 Å². The number of methoxy groups -OCH3 is 1. The zero-order chi connectivity index (χ0) is 13.5. The van der Waals surface area contributed by atoms with Crippen LogP contribution in [0.2, 0.25) is 0 Å². The summed E-state index contributed by atoms with van der Waals surface area (Å²) in [5.74, 6) is -0.546. The van der Waals surface area contributed by atoms with Crippen LogP contribution in [0.25, 0.3) is 0 Å². The number of carbonyl (C=O) groups is 2. The molecule has 0 radical (unpaired) electrons. The number of esters is 1. The van der Waals surface area contributed by atoms with Crippen molar-refractivity contribution in [1.82, 2.24) is 14.7 Å². The van der Waals surface area contributed by atoms with Gasteiger partial charge in [0.05, 0.1) is 7.11 Å². The van der Waals surface area contributed by atoms with Crippen LogP contribution in [0.4, 0.5) is 0 Å². The van der Waals surface area contributed by atoms with Gasteiger partial charge in [-0.2, -0.15) is 5.10 Å². The van der Waals surface area contributed by atoms with Crippen LogP contribution in [-0.2, 0) is 14.3 Å². The van der Waals surface area contributed by atoms with E-state index in [4.69, 9.17) is 0 Å². The molecule has 1 aromatic heterocycles. The maximum atomic E-state index is 12.2. The Kier molecular flexibility index (Phi) is 5.35. The molecule has 1 unspecified atom stereocenters. The molecule has 6 heteroatoms. The average molecular weight is 253 g/mol. The summed E-state index contributed by atoms with van der Waals surface area (Å²) in [5.41, 5.74) is 0. The molecular weight excluding hydrogens is 234 g/mol. The first-order valence-electron chi connectivity index (χ1n) is 5.94. The second kappa shape index (κ2) is 6.78. The largest absolute Gasteiger partial charge is 0.468 e. The van der Waals surface area contributed by atoms with Crippen molar-refractivity contribution in [2.75, 3.05) is 20.2 Å². The van der Waals surface area contributed by atoms with Crippen molar-refractivity contribution in [3.05, 3.63) is 18.5 Å². The normalized spacial score (nSPS) is 11.9. The van der Waals surface area contributed by atoms with Crippen molar-refractivity contribution in [2.24, 2.45) is 0 Å². The molecule has 1 rings (SSSR count). The summed E-state index contributed by atoms with van der Waals surface area (Å²) in [4.78, 5) is 25.0. The maximum absolute atomic E-state index is 12.2. The molecule has 0 aliphatic rings. The van der Waals surface area contributed by atoms with E-state index in [2.05, 4.69) is 9.84 Å². The number of amides is 1. The summed E-state index contributed by atoms with van der Waals surface area (Å²) in [7, 11) is 1.31. The molecule has 0 N–H and O–H groups in total. The highest BCUT2D eigenvalue weighted by molar-refractivity contribution is 5.84. The molecule has 1 atom stereocenters. The Morgan fingerprint density at radius 1 is 1.50 bits per heavy atom. The second-order valence-corrected chi connectivity index (χ2v) is 4.00. The monoisotopic (exact) mass is 253 g/mol. The zero-order valence-corrected chi connectivity index (χ0v) is 11.0. The lowest BCUT2D eigenvalue weighted by molar-refractivity contribution is -0.148. The number of nitrogens with zero attached hydrogens (tertiary/aromatic N) is 3. The van der Waals surface area contributed by atoms with Crippen molar-refractivity contribution < 1.29 is 14.3 Å². The van der Waals surface area contributed by atoms with Gasteiger partial charge >= 0.3 is 5.97 Å². The van der Waals surface area contributed by atoms with Gasteiger partial charge in [-0.25, -0.2) is 0 Å². The van der Waals surface area contributed by atoms with Crippen LogP contribution >= 0.6 is 0 Å². The number of hydrogen-bond donors (Lipinski definition) is 0. The molecule has 1 aromatic rings. The Hall–Kier alpha value is -1.85.